The molecular weight excluding hydrogens is 357 g/mol. The molecular formula is C22H22FN3O2. The first kappa shape index (κ1) is 18.2. The van der Waals surface area contributed by atoms with Gasteiger partial charge in [-0.2, -0.15) is 5.10 Å². The van der Waals surface area contributed by atoms with E-state index in [9.17, 15) is 9.18 Å². The van der Waals surface area contributed by atoms with Crippen LogP contribution in [-0.4, -0.2) is 33.2 Å². The molecule has 0 spiro atoms. The number of benzene rings is 2. The van der Waals surface area contributed by atoms with Crippen molar-refractivity contribution < 1.29 is 13.9 Å². The van der Waals surface area contributed by atoms with E-state index in [1.807, 2.05) is 43.0 Å². The first-order valence-corrected chi connectivity index (χ1v) is 9.25. The Kier molecular flexibility index (Phi) is 4.63. The lowest BCUT2D eigenvalue weighted by molar-refractivity contribution is 0.0644. The van der Waals surface area contributed by atoms with Gasteiger partial charge in [-0.1, -0.05) is 18.2 Å². The molecule has 0 fully saturated rings. The van der Waals surface area contributed by atoms with E-state index in [4.69, 9.17) is 4.74 Å². The van der Waals surface area contributed by atoms with Crippen LogP contribution in [0.25, 0.3) is 11.1 Å². The van der Waals surface area contributed by atoms with Crippen molar-refractivity contribution in [2.45, 2.75) is 26.4 Å². The largest absolute Gasteiger partial charge is 0.491 e. The second-order valence-corrected chi connectivity index (χ2v) is 7.23. The zero-order valence-electron chi connectivity index (χ0n) is 16.1. The summed E-state index contributed by atoms with van der Waals surface area (Å²) in [5, 5.41) is 4.28. The molecule has 0 aliphatic carbocycles. The Labute approximate surface area is 163 Å². The van der Waals surface area contributed by atoms with Crippen LogP contribution in [0, 0.1) is 12.7 Å². The van der Waals surface area contributed by atoms with Gasteiger partial charge in [0.2, 0.25) is 0 Å². The van der Waals surface area contributed by atoms with Crippen LogP contribution in [0.4, 0.5) is 4.39 Å². The van der Waals surface area contributed by atoms with Crippen molar-refractivity contribution in [3.05, 3.63) is 71.3 Å². The Morgan fingerprint density at radius 2 is 2.00 bits per heavy atom. The molecule has 0 saturated carbocycles. The monoisotopic (exact) mass is 379 g/mol. The molecule has 144 valence electrons. The van der Waals surface area contributed by atoms with Crippen molar-refractivity contribution in [3.8, 4) is 16.9 Å². The van der Waals surface area contributed by atoms with Gasteiger partial charge < -0.3 is 9.64 Å². The number of aromatic nitrogens is 2. The maximum Gasteiger partial charge on any atom is 0.257 e. The van der Waals surface area contributed by atoms with Crippen molar-refractivity contribution in [1.29, 1.82) is 0 Å². The highest BCUT2D eigenvalue weighted by molar-refractivity contribution is 5.95. The van der Waals surface area contributed by atoms with Crippen LogP contribution in [0.5, 0.6) is 5.75 Å². The highest BCUT2D eigenvalue weighted by Gasteiger charge is 2.28. The van der Waals surface area contributed by atoms with E-state index >= 15 is 0 Å². The molecule has 1 aromatic heterocycles. The standard InChI is InChI=1S/C22H22FN3O2/c1-14-13-28-21-8-7-17(16-5-4-6-19(23)10-16)9-18(21)11-26(14)22(27)20-12-25(3)24-15(20)2/h4-10,12,14H,11,13H2,1-3H3/t14-/m0/s1. The molecule has 0 saturated heterocycles. The predicted octanol–water partition coefficient (Wildman–Crippen LogP) is 3.96. The first-order valence-electron chi connectivity index (χ1n) is 9.25. The smallest absolute Gasteiger partial charge is 0.257 e. The number of aryl methyl sites for hydroxylation is 2. The SMILES string of the molecule is Cc1nn(C)cc1C(=O)N1Cc2cc(-c3cccc(F)c3)ccc2OC[C@@H]1C. The Bertz CT molecular complexity index is 1040. The van der Waals surface area contributed by atoms with Crippen LogP contribution in [0.3, 0.4) is 0 Å². The molecule has 1 aliphatic heterocycles. The second kappa shape index (κ2) is 7.11. The molecule has 6 heteroatoms. The third-order valence-corrected chi connectivity index (χ3v) is 5.08. The molecule has 5 nitrogen and oxygen atoms in total. The molecule has 28 heavy (non-hydrogen) atoms. The molecule has 2 aromatic carbocycles. The van der Waals surface area contributed by atoms with Gasteiger partial charge in [-0.25, -0.2) is 4.39 Å². The molecule has 2 heterocycles. The zero-order chi connectivity index (χ0) is 19.8. The van der Waals surface area contributed by atoms with Crippen LogP contribution in [0.15, 0.2) is 48.7 Å². The fourth-order valence-electron chi connectivity index (χ4n) is 3.57. The van der Waals surface area contributed by atoms with Crippen molar-refractivity contribution >= 4 is 5.91 Å². The van der Waals surface area contributed by atoms with Crippen molar-refractivity contribution in [1.82, 2.24) is 14.7 Å². The number of fused-ring (bicyclic) bond motifs is 1. The van der Waals surface area contributed by atoms with Gasteiger partial charge in [0.05, 0.1) is 23.8 Å². The van der Waals surface area contributed by atoms with E-state index < -0.39 is 0 Å². The number of hydrogen-bond donors (Lipinski definition) is 0. The number of rotatable bonds is 2. The Morgan fingerprint density at radius 3 is 2.71 bits per heavy atom. The van der Waals surface area contributed by atoms with Crippen LogP contribution in [-0.2, 0) is 13.6 Å². The predicted molar refractivity (Wildman–Crippen MR) is 105 cm³/mol. The lowest BCUT2D eigenvalue weighted by Crippen LogP contribution is -2.40. The maximum absolute atomic E-state index is 13.6. The third-order valence-electron chi connectivity index (χ3n) is 5.08. The summed E-state index contributed by atoms with van der Waals surface area (Å²) in [5.74, 6) is 0.414. The Hall–Kier alpha value is -3.15. The molecule has 3 aromatic rings. The van der Waals surface area contributed by atoms with Gasteiger partial charge >= 0.3 is 0 Å². The minimum absolute atomic E-state index is 0.0642. The Balaban J connectivity index is 1.69. The lowest BCUT2D eigenvalue weighted by atomic mass is 10.0. The van der Waals surface area contributed by atoms with E-state index in [-0.39, 0.29) is 17.8 Å². The average Bonchev–Trinajstić information content (AvgIpc) is 2.92. The van der Waals surface area contributed by atoms with Crippen LogP contribution < -0.4 is 4.74 Å². The molecule has 0 radical (unpaired) electrons. The van der Waals surface area contributed by atoms with Gasteiger partial charge in [-0.15, -0.1) is 0 Å². The molecule has 0 N–H and O–H groups in total. The number of amides is 1. The fraction of sp³-hybridized carbons (Fsp3) is 0.273. The molecule has 1 aliphatic rings. The summed E-state index contributed by atoms with van der Waals surface area (Å²) in [5.41, 5.74) is 3.89. The summed E-state index contributed by atoms with van der Waals surface area (Å²) in [6, 6.07) is 12.2. The van der Waals surface area contributed by atoms with E-state index in [0.29, 0.717) is 24.4 Å². The van der Waals surface area contributed by atoms with Gasteiger partial charge in [-0.05, 0) is 49.2 Å². The summed E-state index contributed by atoms with van der Waals surface area (Å²) in [6.45, 7) is 4.65. The minimum Gasteiger partial charge on any atom is -0.491 e. The number of carbonyl (C=O) groups is 1. The summed E-state index contributed by atoms with van der Waals surface area (Å²) >= 11 is 0. The third kappa shape index (κ3) is 3.38. The van der Waals surface area contributed by atoms with E-state index in [0.717, 1.165) is 22.4 Å². The van der Waals surface area contributed by atoms with Gasteiger partial charge in [0.15, 0.2) is 0 Å². The highest BCUT2D eigenvalue weighted by Crippen LogP contribution is 2.31. The lowest BCUT2D eigenvalue weighted by Gasteiger charge is -2.26. The number of hydrogen-bond acceptors (Lipinski definition) is 3. The summed E-state index contributed by atoms with van der Waals surface area (Å²) in [4.78, 5) is 15.0. The molecule has 1 amide bonds. The summed E-state index contributed by atoms with van der Waals surface area (Å²) in [7, 11) is 1.80. The van der Waals surface area contributed by atoms with Gasteiger partial charge in [0.1, 0.15) is 18.2 Å². The van der Waals surface area contributed by atoms with Gasteiger partial charge in [0.25, 0.3) is 5.91 Å². The van der Waals surface area contributed by atoms with E-state index in [1.54, 1.807) is 24.0 Å². The van der Waals surface area contributed by atoms with Crippen LogP contribution in [0.2, 0.25) is 0 Å². The second-order valence-electron chi connectivity index (χ2n) is 7.23. The van der Waals surface area contributed by atoms with Crippen molar-refractivity contribution in [2.75, 3.05) is 6.61 Å². The Morgan fingerprint density at radius 1 is 1.21 bits per heavy atom. The molecule has 0 unspecified atom stereocenters. The maximum atomic E-state index is 13.6. The van der Waals surface area contributed by atoms with Crippen molar-refractivity contribution in [3.63, 3.8) is 0 Å². The number of nitrogens with zero attached hydrogens (tertiary/aromatic N) is 3. The summed E-state index contributed by atoms with van der Waals surface area (Å²) < 4.78 is 21.2. The fourth-order valence-corrected chi connectivity index (χ4v) is 3.57. The molecule has 0 bridgehead atoms. The minimum atomic E-state index is -0.277. The number of ether oxygens (including phenoxy) is 1. The molecule has 1 atom stereocenters. The van der Waals surface area contributed by atoms with Crippen LogP contribution >= 0.6 is 0 Å². The topological polar surface area (TPSA) is 47.4 Å². The normalized spacial score (nSPS) is 16.3. The number of carbonyl (C=O) groups excluding carboxylic acids is 1. The highest BCUT2D eigenvalue weighted by atomic mass is 19.1. The van der Waals surface area contributed by atoms with E-state index in [1.165, 1.54) is 12.1 Å². The van der Waals surface area contributed by atoms with Crippen molar-refractivity contribution in [2.24, 2.45) is 7.05 Å². The summed E-state index contributed by atoms with van der Waals surface area (Å²) in [6.07, 6.45) is 1.75. The zero-order valence-corrected chi connectivity index (χ0v) is 16.1. The first-order chi connectivity index (χ1) is 13.4. The van der Waals surface area contributed by atoms with Gasteiger partial charge in [-0.3, -0.25) is 9.48 Å². The van der Waals surface area contributed by atoms with Crippen LogP contribution in [0.1, 0.15) is 28.5 Å². The number of halogens is 1. The quantitative estimate of drug-likeness (QED) is 0.677. The molecule has 4 rings (SSSR count). The average molecular weight is 379 g/mol. The van der Waals surface area contributed by atoms with E-state index in [2.05, 4.69) is 5.10 Å². The van der Waals surface area contributed by atoms with Gasteiger partial charge in [0, 0.05) is 18.8 Å².